The fourth-order valence-electron chi connectivity index (χ4n) is 3.20. The smallest absolute Gasteiger partial charge is 0.348 e. The zero-order chi connectivity index (χ0) is 23.2. The second kappa shape index (κ2) is 9.76. The molecule has 0 bridgehead atoms. The van der Waals surface area contributed by atoms with Crippen LogP contribution >= 0.6 is 0 Å². The summed E-state index contributed by atoms with van der Waals surface area (Å²) in [5.74, 6) is -3.90. The quantitative estimate of drug-likeness (QED) is 0.370. The van der Waals surface area contributed by atoms with Gasteiger partial charge in [0.1, 0.15) is 11.3 Å². The molecular weight excluding hydrogens is 404 g/mol. The van der Waals surface area contributed by atoms with Crippen LogP contribution in [0.15, 0.2) is 47.3 Å². The number of rotatable bonds is 7. The number of allylic oxidation sites excluding steroid dienone is 6. The first-order chi connectivity index (χ1) is 14.5. The van der Waals surface area contributed by atoms with Crippen molar-refractivity contribution in [3.8, 4) is 0 Å². The van der Waals surface area contributed by atoms with Gasteiger partial charge in [-0.3, -0.25) is 9.59 Å². The highest BCUT2D eigenvalue weighted by Gasteiger charge is 2.42. The number of Topliss-reactive ketones (excluding diaryl/α,β-unsaturated/α-hetero) is 1. The fraction of sp³-hybridized carbons (Fsp3) is 0.478. The van der Waals surface area contributed by atoms with Crippen molar-refractivity contribution in [2.75, 3.05) is 6.61 Å². The lowest BCUT2D eigenvalue weighted by Crippen LogP contribution is -2.44. The summed E-state index contributed by atoms with van der Waals surface area (Å²) in [6, 6.07) is 0. The molecule has 1 aliphatic heterocycles. The first-order valence-corrected chi connectivity index (χ1v) is 10.1. The van der Waals surface area contributed by atoms with Crippen LogP contribution in [-0.2, 0) is 33.4 Å². The number of ether oxygens (including phenoxy) is 3. The van der Waals surface area contributed by atoms with Gasteiger partial charge in [-0.25, -0.2) is 9.59 Å². The molecular formula is C23H28O8. The molecule has 0 aromatic heterocycles. The Hall–Kier alpha value is -3.16. The number of cyclic esters (lactones) is 2. The molecule has 1 heterocycles. The molecule has 0 radical (unpaired) electrons. The Morgan fingerprint density at radius 1 is 1.16 bits per heavy atom. The van der Waals surface area contributed by atoms with Gasteiger partial charge in [0.15, 0.2) is 5.78 Å². The third kappa shape index (κ3) is 6.67. The Bertz CT molecular complexity index is 865. The highest BCUT2D eigenvalue weighted by molar-refractivity contribution is 6.15. The van der Waals surface area contributed by atoms with Gasteiger partial charge < -0.3 is 19.3 Å². The number of carbonyl (C=O) groups is 4. The van der Waals surface area contributed by atoms with Crippen LogP contribution in [0, 0.1) is 5.41 Å². The lowest BCUT2D eigenvalue weighted by molar-refractivity contribution is -0.231. The molecule has 1 aliphatic carbocycles. The lowest BCUT2D eigenvalue weighted by Gasteiger charge is -2.33. The molecule has 0 aromatic carbocycles. The number of carbonyl (C=O) groups excluding carboxylic acids is 4. The molecule has 1 N–H and O–H groups in total. The Morgan fingerprint density at radius 2 is 1.81 bits per heavy atom. The summed E-state index contributed by atoms with van der Waals surface area (Å²) in [4.78, 5) is 48.1. The molecule has 0 atom stereocenters. The van der Waals surface area contributed by atoms with E-state index in [9.17, 15) is 24.3 Å². The molecule has 0 saturated carbocycles. The van der Waals surface area contributed by atoms with E-state index in [-0.39, 0.29) is 47.6 Å². The second-order valence-electron chi connectivity index (χ2n) is 8.20. The number of aliphatic hydroxyl groups excluding tert-OH is 1. The van der Waals surface area contributed by atoms with Crippen molar-refractivity contribution in [1.29, 1.82) is 0 Å². The van der Waals surface area contributed by atoms with Gasteiger partial charge in [0.05, 0.1) is 18.6 Å². The first kappa shape index (κ1) is 24.1. The predicted molar refractivity (Wildman–Crippen MR) is 110 cm³/mol. The Morgan fingerprint density at radius 3 is 2.39 bits per heavy atom. The van der Waals surface area contributed by atoms with Gasteiger partial charge in [-0.1, -0.05) is 32.1 Å². The molecule has 2 rings (SSSR count). The SMILES string of the molecule is CCOC(=O)CCC1(C)OC(=O)C(=CC=CCC=C2C(=O)CC(C)(C)C=C2O)C(=O)O1. The van der Waals surface area contributed by atoms with Gasteiger partial charge in [-0.15, -0.1) is 0 Å². The summed E-state index contributed by atoms with van der Waals surface area (Å²) >= 11 is 0. The van der Waals surface area contributed by atoms with Crippen LogP contribution in [0.25, 0.3) is 0 Å². The molecule has 1 saturated heterocycles. The molecule has 1 fully saturated rings. The van der Waals surface area contributed by atoms with Crippen LogP contribution in [0.2, 0.25) is 0 Å². The predicted octanol–water partition coefficient (Wildman–Crippen LogP) is 3.39. The minimum absolute atomic E-state index is 0.0121. The Kier molecular flexibility index (Phi) is 7.60. The third-order valence-corrected chi connectivity index (χ3v) is 4.72. The molecule has 8 heteroatoms. The summed E-state index contributed by atoms with van der Waals surface area (Å²) < 4.78 is 15.2. The van der Waals surface area contributed by atoms with Gasteiger partial charge in [0.2, 0.25) is 0 Å². The van der Waals surface area contributed by atoms with E-state index in [0.717, 1.165) is 0 Å². The first-order valence-electron chi connectivity index (χ1n) is 10.1. The van der Waals surface area contributed by atoms with Crippen molar-refractivity contribution >= 4 is 23.7 Å². The molecule has 31 heavy (non-hydrogen) atoms. The minimum Gasteiger partial charge on any atom is -0.508 e. The normalized spacial score (nSPS) is 24.6. The molecule has 0 spiro atoms. The number of aliphatic hydroxyl groups is 1. The average Bonchev–Trinajstić information content (AvgIpc) is 2.63. The van der Waals surface area contributed by atoms with E-state index in [1.165, 1.54) is 19.1 Å². The highest BCUT2D eigenvalue weighted by Crippen LogP contribution is 2.33. The monoisotopic (exact) mass is 432 g/mol. The van der Waals surface area contributed by atoms with Crippen LogP contribution in [0.3, 0.4) is 0 Å². The summed E-state index contributed by atoms with van der Waals surface area (Å²) in [7, 11) is 0. The Balaban J connectivity index is 1.97. The van der Waals surface area contributed by atoms with Gasteiger partial charge >= 0.3 is 17.9 Å². The van der Waals surface area contributed by atoms with E-state index in [0.29, 0.717) is 12.8 Å². The zero-order valence-electron chi connectivity index (χ0n) is 18.2. The maximum absolute atomic E-state index is 12.2. The summed E-state index contributed by atoms with van der Waals surface area (Å²) in [5.41, 5.74) is -0.410. The number of hydrogen-bond acceptors (Lipinski definition) is 8. The van der Waals surface area contributed by atoms with E-state index in [1.807, 2.05) is 13.8 Å². The van der Waals surface area contributed by atoms with Gasteiger partial charge in [-0.05, 0) is 30.9 Å². The van der Waals surface area contributed by atoms with Gasteiger partial charge in [0, 0.05) is 19.8 Å². The maximum atomic E-state index is 12.2. The van der Waals surface area contributed by atoms with E-state index in [2.05, 4.69) is 0 Å². The van der Waals surface area contributed by atoms with Crippen LogP contribution < -0.4 is 0 Å². The molecule has 2 aliphatic rings. The van der Waals surface area contributed by atoms with Crippen molar-refractivity contribution in [2.45, 2.75) is 59.2 Å². The van der Waals surface area contributed by atoms with Crippen LogP contribution in [0.1, 0.15) is 53.4 Å². The number of ketones is 1. The minimum atomic E-state index is -1.54. The molecule has 0 amide bonds. The van der Waals surface area contributed by atoms with Crippen LogP contribution in [0.4, 0.5) is 0 Å². The van der Waals surface area contributed by atoms with E-state index in [1.54, 1.807) is 25.2 Å². The highest BCUT2D eigenvalue weighted by atomic mass is 16.7. The average molecular weight is 432 g/mol. The van der Waals surface area contributed by atoms with Gasteiger partial charge in [-0.2, -0.15) is 0 Å². The molecule has 0 aromatic rings. The zero-order valence-corrected chi connectivity index (χ0v) is 18.2. The maximum Gasteiger partial charge on any atom is 0.348 e. The number of esters is 3. The lowest BCUT2D eigenvalue weighted by atomic mass is 9.79. The van der Waals surface area contributed by atoms with E-state index >= 15 is 0 Å². The summed E-state index contributed by atoms with van der Waals surface area (Å²) in [6.07, 6.45) is 8.13. The largest absolute Gasteiger partial charge is 0.508 e. The van der Waals surface area contributed by atoms with Crippen molar-refractivity contribution < 1.29 is 38.5 Å². The third-order valence-electron chi connectivity index (χ3n) is 4.72. The van der Waals surface area contributed by atoms with Crippen molar-refractivity contribution in [3.05, 3.63) is 47.3 Å². The van der Waals surface area contributed by atoms with Gasteiger partial charge in [0.25, 0.3) is 5.79 Å². The fourth-order valence-corrected chi connectivity index (χ4v) is 3.20. The van der Waals surface area contributed by atoms with Crippen molar-refractivity contribution in [2.24, 2.45) is 5.41 Å². The Labute approximate surface area is 181 Å². The second-order valence-corrected chi connectivity index (χ2v) is 8.20. The standard InChI is InChI=1S/C23H28O8/c1-5-29-19(26)11-12-23(4)30-20(27)16(21(28)31-23)10-8-6-7-9-15-17(24)13-22(2,3)14-18(15)25/h6,8-10,13,24H,5,7,11-12,14H2,1-4H3. The van der Waals surface area contributed by atoms with E-state index in [4.69, 9.17) is 14.2 Å². The molecule has 0 unspecified atom stereocenters. The van der Waals surface area contributed by atoms with E-state index < -0.39 is 23.7 Å². The van der Waals surface area contributed by atoms with Crippen LogP contribution in [0.5, 0.6) is 0 Å². The molecule has 168 valence electrons. The number of hydrogen-bond donors (Lipinski definition) is 1. The topological polar surface area (TPSA) is 116 Å². The van der Waals surface area contributed by atoms with Crippen molar-refractivity contribution in [3.63, 3.8) is 0 Å². The molecule has 8 nitrogen and oxygen atoms in total. The van der Waals surface area contributed by atoms with Crippen LogP contribution in [-0.4, -0.2) is 41.2 Å². The van der Waals surface area contributed by atoms with Crippen molar-refractivity contribution in [1.82, 2.24) is 0 Å². The summed E-state index contributed by atoms with van der Waals surface area (Å²) in [6.45, 7) is 7.05. The summed E-state index contributed by atoms with van der Waals surface area (Å²) in [5, 5.41) is 10.0.